The number of benzene rings is 2. The minimum absolute atomic E-state index is 0.142. The molecule has 0 spiro atoms. The summed E-state index contributed by atoms with van der Waals surface area (Å²) in [6, 6.07) is 14.9. The van der Waals surface area contributed by atoms with E-state index in [2.05, 4.69) is 9.88 Å². The number of methoxy groups -OCH3 is 2. The van der Waals surface area contributed by atoms with Gasteiger partial charge in [0.25, 0.3) is 10.0 Å². The molecule has 5 aromatic rings. The number of aryl methyl sites for hydroxylation is 1. The molecule has 11 heteroatoms. The average molecular weight is 604 g/mol. The number of piperidine rings is 1. The number of fused-ring (bicyclic) bond motifs is 1. The van der Waals surface area contributed by atoms with E-state index in [1.54, 1.807) is 56.8 Å². The molecule has 0 aliphatic carbocycles. The SMILES string of the molecule is COCCN1CCC(n2cc(-c3cnc4c(c3)c(-c3cccc(F)c3)cn4S(=O)(=O)c3ccc(C)cc3)c(OC)n2)CC1. The van der Waals surface area contributed by atoms with Gasteiger partial charge in [-0.25, -0.2) is 21.8 Å². The Morgan fingerprint density at radius 1 is 0.977 bits per heavy atom. The number of hydrogen-bond acceptors (Lipinski definition) is 7. The van der Waals surface area contributed by atoms with Crippen molar-refractivity contribution in [3.05, 3.63) is 84.6 Å². The molecule has 0 unspecified atom stereocenters. The number of ether oxygens (including phenoxy) is 2. The third kappa shape index (κ3) is 5.67. The van der Waals surface area contributed by atoms with Crippen molar-refractivity contribution in [1.29, 1.82) is 0 Å². The van der Waals surface area contributed by atoms with Crippen LogP contribution in [0.15, 0.2) is 78.1 Å². The van der Waals surface area contributed by atoms with Crippen molar-refractivity contribution in [2.45, 2.75) is 30.7 Å². The second-order valence-corrected chi connectivity index (χ2v) is 12.7. The molecular weight excluding hydrogens is 569 g/mol. The van der Waals surface area contributed by atoms with Gasteiger partial charge in [-0.05, 0) is 55.7 Å². The fourth-order valence-corrected chi connectivity index (χ4v) is 6.98. The molecule has 3 aromatic heterocycles. The molecular formula is C32H34FN5O4S. The second-order valence-electron chi connectivity index (χ2n) is 10.9. The Kier molecular flexibility index (Phi) is 8.04. The molecule has 0 atom stereocenters. The topological polar surface area (TPSA) is 91.5 Å². The summed E-state index contributed by atoms with van der Waals surface area (Å²) in [5.74, 6) is 0.0436. The van der Waals surface area contributed by atoms with Crippen LogP contribution in [0.1, 0.15) is 24.4 Å². The van der Waals surface area contributed by atoms with E-state index in [9.17, 15) is 12.8 Å². The van der Waals surface area contributed by atoms with Crippen molar-refractivity contribution >= 4 is 21.1 Å². The summed E-state index contributed by atoms with van der Waals surface area (Å²) in [7, 11) is -0.684. The van der Waals surface area contributed by atoms with Crippen molar-refractivity contribution in [2.75, 3.05) is 40.5 Å². The van der Waals surface area contributed by atoms with Gasteiger partial charge < -0.3 is 14.4 Å². The van der Waals surface area contributed by atoms with Crippen LogP contribution in [0.2, 0.25) is 0 Å². The molecule has 0 radical (unpaired) electrons. The smallest absolute Gasteiger partial charge is 0.269 e. The highest BCUT2D eigenvalue weighted by Gasteiger charge is 2.26. The van der Waals surface area contributed by atoms with Crippen LogP contribution in [0.4, 0.5) is 4.39 Å². The van der Waals surface area contributed by atoms with Gasteiger partial charge in [0.05, 0.1) is 30.2 Å². The summed E-state index contributed by atoms with van der Waals surface area (Å²) in [6.45, 7) is 5.44. The maximum absolute atomic E-state index is 14.3. The van der Waals surface area contributed by atoms with Crippen LogP contribution in [-0.4, -0.2) is 72.5 Å². The van der Waals surface area contributed by atoms with E-state index in [0.717, 1.165) is 49.2 Å². The minimum atomic E-state index is -3.98. The van der Waals surface area contributed by atoms with Gasteiger partial charge in [-0.15, -0.1) is 5.10 Å². The summed E-state index contributed by atoms with van der Waals surface area (Å²) in [4.78, 5) is 7.18. The van der Waals surface area contributed by atoms with Crippen LogP contribution >= 0.6 is 0 Å². The molecule has 43 heavy (non-hydrogen) atoms. The van der Waals surface area contributed by atoms with Crippen LogP contribution in [0.3, 0.4) is 0 Å². The summed E-state index contributed by atoms with van der Waals surface area (Å²) in [5.41, 5.74) is 3.76. The van der Waals surface area contributed by atoms with Crippen molar-refractivity contribution in [3.8, 4) is 28.1 Å². The third-order valence-electron chi connectivity index (χ3n) is 8.07. The van der Waals surface area contributed by atoms with Crippen molar-refractivity contribution in [1.82, 2.24) is 23.6 Å². The van der Waals surface area contributed by atoms with Crippen LogP contribution < -0.4 is 4.74 Å². The van der Waals surface area contributed by atoms with Crippen molar-refractivity contribution < 1.29 is 22.3 Å². The van der Waals surface area contributed by atoms with E-state index in [0.29, 0.717) is 29.0 Å². The van der Waals surface area contributed by atoms with Crippen LogP contribution in [0, 0.1) is 12.7 Å². The molecule has 2 aromatic carbocycles. The second kappa shape index (κ2) is 11.9. The summed E-state index contributed by atoms with van der Waals surface area (Å²) >= 11 is 0. The predicted octanol–water partition coefficient (Wildman–Crippen LogP) is 5.54. The molecule has 1 aliphatic heterocycles. The van der Waals surface area contributed by atoms with Gasteiger partial charge in [0.2, 0.25) is 5.88 Å². The number of hydrogen-bond donors (Lipinski definition) is 0. The fourth-order valence-electron chi connectivity index (χ4n) is 5.66. The summed E-state index contributed by atoms with van der Waals surface area (Å²) in [6.07, 6.45) is 7.03. The zero-order valence-electron chi connectivity index (χ0n) is 24.4. The molecule has 6 rings (SSSR count). The number of aromatic nitrogens is 4. The normalized spacial score (nSPS) is 14.9. The lowest BCUT2D eigenvalue weighted by molar-refractivity contribution is 0.119. The van der Waals surface area contributed by atoms with Gasteiger partial charge in [-0.2, -0.15) is 0 Å². The minimum Gasteiger partial charge on any atom is -0.479 e. The van der Waals surface area contributed by atoms with E-state index in [1.165, 1.54) is 22.3 Å². The average Bonchev–Trinajstić information content (AvgIpc) is 3.63. The highest BCUT2D eigenvalue weighted by molar-refractivity contribution is 7.90. The Labute approximate surface area is 250 Å². The summed E-state index contributed by atoms with van der Waals surface area (Å²) in [5, 5.41) is 5.32. The number of rotatable bonds is 9. The van der Waals surface area contributed by atoms with Crippen molar-refractivity contribution in [2.24, 2.45) is 0 Å². The standard InChI is InChI=1S/C32H34FN5O4S/c1-22-7-9-27(10-8-22)43(39,40)38-21-29(23-5-4-6-25(33)17-23)28-18-24(19-34-31(28)38)30-20-37(35-32(30)42-3)26-11-13-36(14-12-26)15-16-41-2/h4-10,17-21,26H,11-16H2,1-3H3. The van der Waals surface area contributed by atoms with Gasteiger partial charge in [-0.1, -0.05) is 29.8 Å². The quantitative estimate of drug-likeness (QED) is 0.218. The first kappa shape index (κ1) is 29.0. The van der Waals surface area contributed by atoms with Crippen LogP contribution in [-0.2, 0) is 14.8 Å². The van der Waals surface area contributed by atoms with Gasteiger partial charge in [0.15, 0.2) is 5.65 Å². The van der Waals surface area contributed by atoms with E-state index >= 15 is 0 Å². The Hall–Kier alpha value is -4.06. The number of nitrogens with zero attached hydrogens (tertiary/aromatic N) is 5. The van der Waals surface area contributed by atoms with Gasteiger partial charge in [0.1, 0.15) is 5.82 Å². The summed E-state index contributed by atoms with van der Waals surface area (Å²) < 4.78 is 56.0. The van der Waals surface area contributed by atoms with E-state index in [1.807, 2.05) is 23.9 Å². The van der Waals surface area contributed by atoms with Crippen LogP contribution in [0.5, 0.6) is 5.88 Å². The zero-order valence-corrected chi connectivity index (χ0v) is 25.2. The Balaban J connectivity index is 1.43. The molecule has 4 heterocycles. The van der Waals surface area contributed by atoms with Gasteiger partial charge >= 0.3 is 0 Å². The van der Waals surface area contributed by atoms with Gasteiger partial charge in [0, 0.05) is 61.8 Å². The fraction of sp³-hybridized carbons (Fsp3) is 0.312. The predicted molar refractivity (Wildman–Crippen MR) is 163 cm³/mol. The lowest BCUT2D eigenvalue weighted by Gasteiger charge is -2.31. The van der Waals surface area contributed by atoms with Gasteiger partial charge in [-0.3, -0.25) is 4.68 Å². The molecule has 0 saturated carbocycles. The zero-order chi connectivity index (χ0) is 30.1. The molecule has 0 bridgehead atoms. The Bertz CT molecular complexity index is 1860. The number of pyridine rings is 1. The Morgan fingerprint density at radius 2 is 1.74 bits per heavy atom. The molecule has 1 saturated heterocycles. The molecule has 1 fully saturated rings. The highest BCUT2D eigenvalue weighted by atomic mass is 32.2. The maximum Gasteiger partial charge on any atom is 0.269 e. The lowest BCUT2D eigenvalue weighted by Crippen LogP contribution is -2.36. The maximum atomic E-state index is 14.3. The first-order chi connectivity index (χ1) is 20.8. The first-order valence-electron chi connectivity index (χ1n) is 14.2. The molecule has 0 amide bonds. The van der Waals surface area contributed by atoms with Crippen molar-refractivity contribution in [3.63, 3.8) is 0 Å². The monoisotopic (exact) mass is 603 g/mol. The molecule has 1 aliphatic rings. The largest absolute Gasteiger partial charge is 0.479 e. The molecule has 9 nitrogen and oxygen atoms in total. The third-order valence-corrected chi connectivity index (χ3v) is 9.73. The van der Waals surface area contributed by atoms with E-state index in [-0.39, 0.29) is 16.6 Å². The lowest BCUT2D eigenvalue weighted by atomic mass is 10.0. The van der Waals surface area contributed by atoms with Crippen LogP contribution in [0.25, 0.3) is 33.3 Å². The Morgan fingerprint density at radius 3 is 2.44 bits per heavy atom. The van der Waals surface area contributed by atoms with E-state index < -0.39 is 15.8 Å². The highest BCUT2D eigenvalue weighted by Crippen LogP contribution is 2.38. The number of likely N-dealkylation sites (tertiary alicyclic amines) is 1. The molecule has 0 N–H and O–H groups in total. The number of halogens is 1. The molecule has 224 valence electrons. The van der Waals surface area contributed by atoms with E-state index in [4.69, 9.17) is 14.6 Å². The first-order valence-corrected chi connectivity index (χ1v) is 15.7.